The molecule has 638 valence electrons. The van der Waals surface area contributed by atoms with E-state index in [1.54, 1.807) is 108 Å². The first-order chi connectivity index (χ1) is 54.8. The lowest BCUT2D eigenvalue weighted by molar-refractivity contribution is -0.149. The zero-order valence-corrected chi connectivity index (χ0v) is 70.9. The molecule has 0 radical (unpaired) electrons. The van der Waals surface area contributed by atoms with Crippen LogP contribution in [0.3, 0.4) is 0 Å². The molecule has 1 aromatic heterocycles. The van der Waals surface area contributed by atoms with Gasteiger partial charge in [0.15, 0.2) is 11.4 Å². The third-order valence-electron chi connectivity index (χ3n) is 19.8. The van der Waals surface area contributed by atoms with Crippen molar-refractivity contribution in [3.63, 3.8) is 0 Å². The van der Waals surface area contributed by atoms with Crippen molar-refractivity contribution >= 4 is 109 Å². The first-order valence-corrected chi connectivity index (χ1v) is 40.8. The van der Waals surface area contributed by atoms with Gasteiger partial charge in [0.2, 0.25) is 65.0 Å². The molecule has 37 heteroatoms. The number of nitrogens with zero attached hydrogens (tertiary/aromatic N) is 6. The van der Waals surface area contributed by atoms with E-state index in [4.69, 9.17) is 38.9 Å². The Labute approximate surface area is 688 Å². The Kier molecular flexibility index (Phi) is 42.3. The summed E-state index contributed by atoms with van der Waals surface area (Å²) in [5.74, 6) is -10.3. The van der Waals surface area contributed by atoms with Crippen LogP contribution in [-0.2, 0) is 103 Å². The molecule has 115 heavy (non-hydrogen) atoms. The number of methoxy groups -OCH3 is 2. The second-order valence-electron chi connectivity index (χ2n) is 28.9. The molecule has 0 spiro atoms. The summed E-state index contributed by atoms with van der Waals surface area (Å²) in [7, 11) is 6.00. The van der Waals surface area contributed by atoms with Crippen molar-refractivity contribution in [1.29, 1.82) is 0 Å². The number of carbonyl (C=O) groups excluding carboxylic acids is 13. The van der Waals surface area contributed by atoms with Crippen molar-refractivity contribution in [2.45, 2.75) is 172 Å². The van der Waals surface area contributed by atoms with E-state index in [9.17, 15) is 67.4 Å². The highest BCUT2D eigenvalue weighted by Crippen LogP contribution is 2.31. The molecule has 13 amide bonds. The first-order valence-electron chi connectivity index (χ1n) is 38.5. The third-order valence-corrected chi connectivity index (χ3v) is 20.9. The number of aromatic nitrogens is 2. The summed E-state index contributed by atoms with van der Waals surface area (Å²) >= 11 is 6.61. The number of fused-ring (bicyclic) bond motifs is 1. The maximum Gasteiger partial charge on any atom is 0.282 e. The van der Waals surface area contributed by atoms with E-state index in [1.165, 1.54) is 31.1 Å². The van der Waals surface area contributed by atoms with Gasteiger partial charge in [-0.3, -0.25) is 67.2 Å². The van der Waals surface area contributed by atoms with Crippen LogP contribution in [0, 0.1) is 23.7 Å². The highest BCUT2D eigenvalue weighted by Gasteiger charge is 2.45. The average Bonchev–Trinajstić information content (AvgIpc) is 1.59. The number of likely N-dealkylation sites (tertiary alicyclic amines) is 1. The van der Waals surface area contributed by atoms with Crippen molar-refractivity contribution in [1.82, 2.24) is 66.8 Å². The Morgan fingerprint density at radius 3 is 1.78 bits per heavy atom. The van der Waals surface area contributed by atoms with Gasteiger partial charge >= 0.3 is 0 Å². The third kappa shape index (κ3) is 30.5. The Bertz CT molecular complexity index is 3660. The number of hydrogen-bond acceptors (Lipinski definition) is 23. The number of rotatable bonds is 53. The van der Waals surface area contributed by atoms with Crippen LogP contribution in [0.1, 0.15) is 144 Å². The highest BCUT2D eigenvalue weighted by atomic mass is 79.9. The predicted octanol–water partition coefficient (Wildman–Crippen LogP) is 1.51. The van der Waals surface area contributed by atoms with Gasteiger partial charge in [-0.25, -0.2) is 9.97 Å². The number of nitrogens with two attached hydrogens (primary N) is 1. The van der Waals surface area contributed by atoms with E-state index in [0.717, 1.165) is 0 Å². The molecule has 1 fully saturated rings. The fourth-order valence-corrected chi connectivity index (χ4v) is 14.3. The Hall–Kier alpha value is -8.53. The molecule has 0 aliphatic carbocycles. The number of primary amides is 1. The van der Waals surface area contributed by atoms with Crippen molar-refractivity contribution < 1.29 is 101 Å². The number of benzene rings is 2. The van der Waals surface area contributed by atoms with Crippen molar-refractivity contribution in [3.05, 3.63) is 94.6 Å². The normalized spacial score (nSPS) is 16.2. The van der Waals surface area contributed by atoms with Crippen LogP contribution in [0.15, 0.2) is 60.7 Å². The van der Waals surface area contributed by atoms with E-state index < -0.39 is 183 Å². The number of alkyl halides is 2. The summed E-state index contributed by atoms with van der Waals surface area (Å²) in [4.78, 5) is 190. The van der Waals surface area contributed by atoms with Gasteiger partial charge < -0.3 is 95.9 Å². The van der Waals surface area contributed by atoms with Crippen LogP contribution in [-0.4, -0.2) is 287 Å². The van der Waals surface area contributed by atoms with E-state index >= 15 is 0 Å². The summed E-state index contributed by atoms with van der Waals surface area (Å²) in [5.41, 5.74) is 6.76. The standard InChI is InChI=1S/C78H116Br2N14O21/c1-13-48(6)70(58(109-11)37-64(100)93-27-20-25-57(93)72(110-12)49(7)73(103)85-50(8)71(102)52-23-18-15-19-24-52)92(10)76(106)66(46(2)3)90-75(105)69(47(4)5)91(9)65(101)44-115-45-84-61(97)40-83-74(104)54(35-51-21-16-14-17-22-51)87-62(98)41-82-60(96)36-53(43-114-34-33-113-32-31-112-30-29-111-28-26-59(81)95)86-63(99)42-94-77(107)67-68(78(94)108)89-56(39-80)55(38-79)88-67/h14-19,21-24,46-50,53-54,57-58,66,69-72,102H,13,20,25-45H2,1-12H3,(H2,81,95)(H,82,96)(H,83,104)(H,84,97)(H,85,103)(H,86,99)(H,87,98)(H,90,105)/t48-,49+,50+,53?,54-,57-,58+,66-,69-,70-,71+,72+/m0/s1. The van der Waals surface area contributed by atoms with Gasteiger partial charge in [-0.15, -0.1) is 0 Å². The quantitative estimate of drug-likeness (QED) is 0.0167. The van der Waals surface area contributed by atoms with E-state index in [0.29, 0.717) is 53.2 Å². The Balaban J connectivity index is 1.13. The molecule has 2 aliphatic heterocycles. The second-order valence-corrected chi connectivity index (χ2v) is 30.1. The minimum absolute atomic E-state index is 0.00817. The fourth-order valence-electron chi connectivity index (χ4n) is 13.4. The molecule has 0 bridgehead atoms. The van der Waals surface area contributed by atoms with Crippen LogP contribution >= 0.6 is 31.9 Å². The molecule has 10 N–H and O–H groups in total. The number of aliphatic hydroxyl groups excluding tert-OH is 1. The molecule has 3 aromatic rings. The van der Waals surface area contributed by atoms with Crippen LogP contribution in [0.2, 0.25) is 0 Å². The summed E-state index contributed by atoms with van der Waals surface area (Å²) in [6.45, 7) is 12.5. The van der Waals surface area contributed by atoms with Crippen LogP contribution < -0.4 is 43.0 Å². The van der Waals surface area contributed by atoms with Crippen LogP contribution in [0.5, 0.6) is 0 Å². The Morgan fingerprint density at radius 2 is 1.23 bits per heavy atom. The molecular formula is C78H116Br2N14O21. The smallest absolute Gasteiger partial charge is 0.282 e. The number of hydrogen-bond donors (Lipinski definition) is 9. The van der Waals surface area contributed by atoms with Gasteiger partial charge in [0.25, 0.3) is 11.8 Å². The zero-order chi connectivity index (χ0) is 85.0. The second kappa shape index (κ2) is 50.2. The summed E-state index contributed by atoms with van der Waals surface area (Å²) < 4.78 is 39.6. The maximum atomic E-state index is 14.8. The number of nitrogens with one attached hydrogen (secondary N) is 7. The zero-order valence-electron chi connectivity index (χ0n) is 67.7. The van der Waals surface area contributed by atoms with Crippen LogP contribution in [0.25, 0.3) is 0 Å². The van der Waals surface area contributed by atoms with Gasteiger partial charge in [0, 0.05) is 64.8 Å². The molecule has 3 heterocycles. The lowest BCUT2D eigenvalue weighted by Crippen LogP contribution is -2.60. The van der Waals surface area contributed by atoms with Gasteiger partial charge in [0.05, 0.1) is 132 Å². The van der Waals surface area contributed by atoms with Gasteiger partial charge in [-0.2, -0.15) is 0 Å². The SMILES string of the molecule is CC[C@H](C)[C@@H]([C@@H](CC(=O)N1CCC[C@H]1[C@H](OC)[C@@H](C)C(=O)N[C@H](C)[C@@H](O)c1ccccc1)OC)N(C)C(=O)[C@@H](NC(=O)[C@H](C(C)C)N(C)C(=O)COCNC(=O)CNC(=O)[C@H](Cc1ccccc1)NC(=O)CNC(=O)CC(COCCOCCOCCOCCC(N)=O)NC(=O)CN1C(=O)c2nc(CBr)c(CBr)nc2C1=O)C(C)C. The Morgan fingerprint density at radius 1 is 0.643 bits per heavy atom. The topological polar surface area (TPSA) is 456 Å². The predicted molar refractivity (Wildman–Crippen MR) is 427 cm³/mol. The minimum Gasteiger partial charge on any atom is -0.386 e. The number of imide groups is 1. The number of aliphatic hydroxyl groups is 1. The van der Waals surface area contributed by atoms with E-state index in [2.05, 4.69) is 79.0 Å². The van der Waals surface area contributed by atoms with Crippen molar-refractivity contribution in [2.75, 3.05) is 121 Å². The number of likely N-dealkylation sites (N-methyl/N-ethyl adjacent to an activating group) is 2. The maximum absolute atomic E-state index is 14.8. The van der Waals surface area contributed by atoms with Crippen LogP contribution in [0.4, 0.5) is 0 Å². The molecule has 2 aliphatic rings. The molecule has 1 unspecified atom stereocenters. The monoisotopic (exact) mass is 1740 g/mol. The molecule has 2 aromatic carbocycles. The minimum atomic E-state index is -1.29. The van der Waals surface area contributed by atoms with Gasteiger partial charge in [0.1, 0.15) is 38.0 Å². The lowest BCUT2D eigenvalue weighted by Gasteiger charge is -2.41. The largest absolute Gasteiger partial charge is 0.386 e. The lowest BCUT2D eigenvalue weighted by atomic mass is 9.89. The number of amides is 13. The number of halogens is 2. The molecule has 35 nitrogen and oxygen atoms in total. The summed E-state index contributed by atoms with van der Waals surface area (Å²) in [6.07, 6.45) is -1.18. The van der Waals surface area contributed by atoms with Gasteiger partial charge in [-0.05, 0) is 48.6 Å². The first kappa shape index (κ1) is 97.1. The van der Waals surface area contributed by atoms with Crippen molar-refractivity contribution in [3.8, 4) is 0 Å². The van der Waals surface area contributed by atoms with E-state index in [-0.39, 0.29) is 112 Å². The number of ether oxygens (including phenoxy) is 7. The molecule has 0 saturated carbocycles. The van der Waals surface area contributed by atoms with Crippen molar-refractivity contribution in [2.24, 2.45) is 29.4 Å². The molecule has 12 atom stereocenters. The highest BCUT2D eigenvalue weighted by molar-refractivity contribution is 9.09. The molecule has 1 saturated heterocycles. The van der Waals surface area contributed by atoms with E-state index in [1.807, 2.05) is 19.9 Å². The van der Waals surface area contributed by atoms with Gasteiger partial charge in [-0.1, -0.05) is 147 Å². The summed E-state index contributed by atoms with van der Waals surface area (Å²) in [5, 5.41) is 29.9. The fraction of sp³-hybridized carbons (Fsp3) is 0.628. The molecular weight excluding hydrogens is 1630 g/mol. The average molecular weight is 1750 g/mol. The molecule has 5 rings (SSSR count). The number of carbonyl (C=O) groups is 13. The summed E-state index contributed by atoms with van der Waals surface area (Å²) in [6, 6.07) is 11.3.